The lowest BCUT2D eigenvalue weighted by Gasteiger charge is -2.46. The summed E-state index contributed by atoms with van der Waals surface area (Å²) in [7, 11) is 0. The quantitative estimate of drug-likeness (QED) is 0.552. The molecule has 0 saturated carbocycles. The molecular weight excluding hydrogens is 396 g/mol. The van der Waals surface area contributed by atoms with Crippen molar-refractivity contribution in [1.29, 1.82) is 0 Å². The number of fused-ring (bicyclic) bond motifs is 4. The van der Waals surface area contributed by atoms with Gasteiger partial charge < -0.3 is 24.8 Å². The minimum Gasteiger partial charge on any atom is -0.508 e. The van der Waals surface area contributed by atoms with Crippen LogP contribution in [0.25, 0.3) is 0 Å². The van der Waals surface area contributed by atoms with Gasteiger partial charge in [-0.3, -0.25) is 4.79 Å². The minimum atomic E-state index is -0.728. The van der Waals surface area contributed by atoms with Gasteiger partial charge in [-0.1, -0.05) is 11.6 Å². The SMILES string of the molecule is CC1=C[C@H]2c3cc([C@@H]4CC(=O)c5c(O)cc(O)cc5O4)c(O)cc3OC(C)(C)[C@@H]2CC1. The Morgan fingerprint density at radius 3 is 2.55 bits per heavy atom. The number of carbonyl (C=O) groups is 1. The van der Waals surface area contributed by atoms with Gasteiger partial charge in [-0.2, -0.15) is 0 Å². The Morgan fingerprint density at radius 1 is 1.00 bits per heavy atom. The van der Waals surface area contributed by atoms with Crippen LogP contribution in [0.4, 0.5) is 0 Å². The van der Waals surface area contributed by atoms with Gasteiger partial charge in [0.25, 0.3) is 0 Å². The molecule has 0 saturated heterocycles. The largest absolute Gasteiger partial charge is 0.508 e. The van der Waals surface area contributed by atoms with Gasteiger partial charge in [-0.05, 0) is 39.7 Å². The first-order valence-electron chi connectivity index (χ1n) is 10.6. The Hall–Kier alpha value is -3.15. The predicted molar refractivity (Wildman–Crippen MR) is 114 cm³/mol. The molecule has 2 aromatic rings. The van der Waals surface area contributed by atoms with Crippen molar-refractivity contribution in [1.82, 2.24) is 0 Å². The molecule has 0 amide bonds. The van der Waals surface area contributed by atoms with Gasteiger partial charge in [0.15, 0.2) is 5.78 Å². The Balaban J connectivity index is 1.59. The van der Waals surface area contributed by atoms with Crippen LogP contribution < -0.4 is 9.47 Å². The molecule has 6 heteroatoms. The summed E-state index contributed by atoms with van der Waals surface area (Å²) in [6.07, 6.45) is 3.61. The fourth-order valence-electron chi connectivity index (χ4n) is 5.32. The first kappa shape index (κ1) is 19.8. The minimum absolute atomic E-state index is 0.00450. The zero-order valence-electron chi connectivity index (χ0n) is 17.8. The highest BCUT2D eigenvalue weighted by Crippen LogP contribution is 2.53. The van der Waals surface area contributed by atoms with Gasteiger partial charge in [0.2, 0.25) is 0 Å². The summed E-state index contributed by atoms with van der Waals surface area (Å²) in [5.41, 5.74) is 2.52. The number of ketones is 1. The zero-order valence-corrected chi connectivity index (χ0v) is 17.8. The fourth-order valence-corrected chi connectivity index (χ4v) is 5.32. The van der Waals surface area contributed by atoms with Crippen molar-refractivity contribution in [3.05, 3.63) is 52.6 Å². The summed E-state index contributed by atoms with van der Waals surface area (Å²) in [6.45, 7) is 6.32. The Morgan fingerprint density at radius 2 is 1.77 bits per heavy atom. The van der Waals surface area contributed by atoms with Crippen molar-refractivity contribution in [2.75, 3.05) is 0 Å². The van der Waals surface area contributed by atoms with Gasteiger partial charge in [0.1, 0.15) is 46.0 Å². The molecule has 5 rings (SSSR count). The molecule has 0 fully saturated rings. The number of hydrogen-bond acceptors (Lipinski definition) is 6. The number of hydrogen-bond donors (Lipinski definition) is 3. The van der Waals surface area contributed by atoms with Gasteiger partial charge in [-0.15, -0.1) is 0 Å². The average Bonchev–Trinajstić information content (AvgIpc) is 2.66. The molecule has 0 aromatic heterocycles. The summed E-state index contributed by atoms with van der Waals surface area (Å²) in [5, 5.41) is 30.6. The Kier molecular flexibility index (Phi) is 4.26. The van der Waals surface area contributed by atoms with Gasteiger partial charge >= 0.3 is 0 Å². The van der Waals surface area contributed by atoms with Gasteiger partial charge in [0.05, 0.1) is 6.42 Å². The highest BCUT2D eigenvalue weighted by Gasteiger charge is 2.45. The summed E-state index contributed by atoms with van der Waals surface area (Å²) in [5.74, 6) is 0.418. The van der Waals surface area contributed by atoms with E-state index in [0.717, 1.165) is 24.5 Å². The van der Waals surface area contributed by atoms with Crippen LogP contribution in [-0.4, -0.2) is 26.7 Å². The van der Waals surface area contributed by atoms with E-state index in [9.17, 15) is 20.1 Å². The molecule has 6 nitrogen and oxygen atoms in total. The van der Waals surface area contributed by atoms with Gasteiger partial charge in [0, 0.05) is 41.2 Å². The highest BCUT2D eigenvalue weighted by atomic mass is 16.5. The standard InChI is InChI=1S/C25H26O6/c1-12-4-5-17-14(6-12)15-9-16(18(27)10-22(15)31-25(17,2)3)21-11-20(29)24-19(28)7-13(26)8-23(24)30-21/h6-10,14,17,21,26-28H,4-5,11H2,1-3H3/t14-,17+,21-/m0/s1. The number of ether oxygens (including phenoxy) is 2. The van der Waals surface area contributed by atoms with Crippen molar-refractivity contribution in [2.24, 2.45) is 5.92 Å². The number of allylic oxidation sites excluding steroid dienone is 2. The third-order valence-corrected chi connectivity index (χ3v) is 6.86. The van der Waals surface area contributed by atoms with E-state index in [1.165, 1.54) is 11.6 Å². The van der Waals surface area contributed by atoms with E-state index in [2.05, 4.69) is 26.8 Å². The normalized spacial score (nSPS) is 26.0. The topological polar surface area (TPSA) is 96.2 Å². The lowest BCUT2D eigenvalue weighted by atomic mass is 9.68. The maximum absolute atomic E-state index is 12.7. The van der Waals surface area contributed by atoms with Crippen molar-refractivity contribution in [2.45, 2.75) is 57.7 Å². The highest BCUT2D eigenvalue weighted by molar-refractivity contribution is 6.02. The lowest BCUT2D eigenvalue weighted by Crippen LogP contribution is -2.45. The smallest absolute Gasteiger partial charge is 0.174 e. The number of rotatable bonds is 1. The first-order chi connectivity index (χ1) is 14.6. The monoisotopic (exact) mass is 422 g/mol. The van der Waals surface area contributed by atoms with Gasteiger partial charge in [-0.25, -0.2) is 0 Å². The zero-order chi connectivity index (χ0) is 22.1. The molecule has 2 heterocycles. The molecule has 1 aliphatic carbocycles. The number of carbonyl (C=O) groups excluding carboxylic acids is 1. The van der Waals surface area contributed by atoms with Crippen molar-refractivity contribution in [3.8, 4) is 28.7 Å². The second-order valence-corrected chi connectivity index (χ2v) is 9.41. The summed E-state index contributed by atoms with van der Waals surface area (Å²) in [6, 6.07) is 5.93. The predicted octanol–water partition coefficient (Wildman–Crippen LogP) is 5.12. The van der Waals surface area contributed by atoms with Crippen molar-refractivity contribution < 1.29 is 29.6 Å². The molecule has 0 bridgehead atoms. The van der Waals surface area contributed by atoms with Crippen LogP contribution in [0.1, 0.15) is 73.5 Å². The summed E-state index contributed by atoms with van der Waals surface area (Å²) >= 11 is 0. The van der Waals surface area contributed by atoms with E-state index in [1.54, 1.807) is 6.07 Å². The second-order valence-electron chi connectivity index (χ2n) is 9.41. The molecule has 3 aliphatic rings. The molecule has 31 heavy (non-hydrogen) atoms. The van der Waals surface area contributed by atoms with Crippen LogP contribution in [0, 0.1) is 5.92 Å². The van der Waals surface area contributed by atoms with Crippen molar-refractivity contribution >= 4 is 5.78 Å². The average molecular weight is 422 g/mol. The molecule has 162 valence electrons. The van der Waals surface area contributed by atoms with Crippen LogP contribution in [0.3, 0.4) is 0 Å². The van der Waals surface area contributed by atoms with E-state index in [-0.39, 0.29) is 52.3 Å². The molecule has 0 unspecified atom stereocenters. The third kappa shape index (κ3) is 3.12. The number of benzene rings is 2. The molecule has 0 radical (unpaired) electrons. The molecule has 3 atom stereocenters. The third-order valence-electron chi connectivity index (χ3n) is 6.86. The first-order valence-corrected chi connectivity index (χ1v) is 10.6. The van der Waals surface area contributed by atoms with E-state index < -0.39 is 6.10 Å². The van der Waals surface area contributed by atoms with Crippen LogP contribution in [0.2, 0.25) is 0 Å². The number of Topliss-reactive ketones (excluding diaryl/α,β-unsaturated/α-hetero) is 1. The maximum atomic E-state index is 12.7. The second kappa shape index (κ2) is 6.67. The van der Waals surface area contributed by atoms with Crippen LogP contribution in [0.5, 0.6) is 28.7 Å². The van der Waals surface area contributed by atoms with Crippen LogP contribution in [0.15, 0.2) is 35.9 Å². The van der Waals surface area contributed by atoms with Crippen molar-refractivity contribution in [3.63, 3.8) is 0 Å². The van der Waals surface area contributed by atoms with E-state index in [4.69, 9.17) is 9.47 Å². The lowest BCUT2D eigenvalue weighted by molar-refractivity contribution is 0.0113. The molecule has 0 spiro atoms. The number of phenolic OH excluding ortho intramolecular Hbond substituents is 3. The summed E-state index contributed by atoms with van der Waals surface area (Å²) in [4.78, 5) is 12.7. The molecule has 3 N–H and O–H groups in total. The Labute approximate surface area is 180 Å². The number of phenols is 3. The molecule has 2 aromatic carbocycles. The maximum Gasteiger partial charge on any atom is 0.174 e. The van der Waals surface area contributed by atoms with E-state index in [0.29, 0.717) is 17.2 Å². The Bertz CT molecular complexity index is 1130. The van der Waals surface area contributed by atoms with E-state index in [1.807, 2.05) is 6.07 Å². The fraction of sp³-hybridized carbons (Fsp3) is 0.400. The van der Waals surface area contributed by atoms with Crippen LogP contribution in [-0.2, 0) is 0 Å². The number of aromatic hydroxyl groups is 3. The molecular formula is C25H26O6. The van der Waals surface area contributed by atoms with Crippen LogP contribution >= 0.6 is 0 Å². The summed E-state index contributed by atoms with van der Waals surface area (Å²) < 4.78 is 12.3. The molecule has 2 aliphatic heterocycles. The van der Waals surface area contributed by atoms with E-state index >= 15 is 0 Å².